The second kappa shape index (κ2) is 2.49. The minimum Gasteiger partial charge on any atom is -0.353 e. The van der Waals surface area contributed by atoms with E-state index in [1.807, 2.05) is 20.8 Å². The van der Waals surface area contributed by atoms with Crippen LogP contribution in [0.5, 0.6) is 0 Å². The van der Waals surface area contributed by atoms with E-state index in [0.717, 1.165) is 0 Å². The Balaban J connectivity index is 2.88. The number of nitrogens with zero attached hydrogens (tertiary/aromatic N) is 1. The van der Waals surface area contributed by atoms with Crippen molar-refractivity contribution >= 4 is 5.78 Å². The largest absolute Gasteiger partial charge is 0.353 e. The summed E-state index contributed by atoms with van der Waals surface area (Å²) in [4.78, 5) is 11.4. The Bertz CT molecular complexity index is 244. The molecule has 0 N–H and O–H groups in total. The average molecular weight is 153 g/mol. The third kappa shape index (κ3) is 1.67. The molecule has 0 aliphatic heterocycles. The van der Waals surface area contributed by atoms with Gasteiger partial charge in [0.1, 0.15) is 0 Å². The molecule has 0 saturated heterocycles. The topological polar surface area (TPSA) is 43.1 Å². The zero-order valence-electron chi connectivity index (χ0n) is 6.92. The van der Waals surface area contributed by atoms with Gasteiger partial charge in [-0.3, -0.25) is 4.79 Å². The van der Waals surface area contributed by atoms with E-state index in [0.29, 0.717) is 5.76 Å². The fourth-order valence-corrected chi connectivity index (χ4v) is 0.703. The molecule has 0 unspecified atom stereocenters. The standard InChI is InChI=1S/C8H11NO2/c1-8(2,3)7(10)6-4-5-9-11-6/h4-5H,1-3H3. The minimum absolute atomic E-state index is 0.0185. The van der Waals surface area contributed by atoms with Crippen molar-refractivity contribution in [1.29, 1.82) is 0 Å². The first-order chi connectivity index (χ1) is 5.02. The Morgan fingerprint density at radius 2 is 2.18 bits per heavy atom. The Kier molecular flexibility index (Phi) is 1.81. The van der Waals surface area contributed by atoms with E-state index in [9.17, 15) is 4.79 Å². The van der Waals surface area contributed by atoms with Crippen LogP contribution in [0.25, 0.3) is 0 Å². The van der Waals surface area contributed by atoms with E-state index < -0.39 is 0 Å². The zero-order valence-corrected chi connectivity index (χ0v) is 6.92. The van der Waals surface area contributed by atoms with Crippen molar-refractivity contribution in [3.05, 3.63) is 18.0 Å². The highest BCUT2D eigenvalue weighted by Gasteiger charge is 2.25. The van der Waals surface area contributed by atoms with Crippen molar-refractivity contribution in [2.75, 3.05) is 0 Å². The predicted octanol–water partition coefficient (Wildman–Crippen LogP) is 1.90. The SMILES string of the molecule is CC(C)(C)C(=O)c1ccno1. The number of rotatable bonds is 1. The summed E-state index contributed by atoms with van der Waals surface area (Å²) in [5, 5.41) is 3.46. The molecule has 0 amide bonds. The molecular weight excluding hydrogens is 142 g/mol. The third-order valence-electron chi connectivity index (χ3n) is 1.34. The van der Waals surface area contributed by atoms with Gasteiger partial charge in [-0.25, -0.2) is 0 Å². The highest BCUT2D eigenvalue weighted by atomic mass is 16.5. The van der Waals surface area contributed by atoms with Gasteiger partial charge in [0.15, 0.2) is 0 Å². The molecule has 0 aliphatic rings. The van der Waals surface area contributed by atoms with E-state index >= 15 is 0 Å². The number of carbonyl (C=O) groups excluding carboxylic acids is 1. The number of ketones is 1. The van der Waals surface area contributed by atoms with Crippen LogP contribution in [0, 0.1) is 5.41 Å². The fourth-order valence-electron chi connectivity index (χ4n) is 0.703. The molecule has 3 heteroatoms. The van der Waals surface area contributed by atoms with E-state index in [-0.39, 0.29) is 11.2 Å². The number of carbonyl (C=O) groups is 1. The Morgan fingerprint density at radius 1 is 1.55 bits per heavy atom. The lowest BCUT2D eigenvalue weighted by Gasteiger charge is -2.12. The molecule has 0 fully saturated rings. The first-order valence-corrected chi connectivity index (χ1v) is 3.47. The predicted molar refractivity (Wildman–Crippen MR) is 40.3 cm³/mol. The average Bonchev–Trinajstić information content (AvgIpc) is 2.34. The summed E-state index contributed by atoms with van der Waals surface area (Å²) in [6.45, 7) is 5.54. The first kappa shape index (κ1) is 7.98. The van der Waals surface area contributed by atoms with Gasteiger partial charge in [-0.1, -0.05) is 25.9 Å². The minimum atomic E-state index is -0.389. The van der Waals surface area contributed by atoms with Gasteiger partial charge >= 0.3 is 0 Å². The molecule has 1 rings (SSSR count). The summed E-state index contributed by atoms with van der Waals surface area (Å²) in [6, 6.07) is 1.58. The van der Waals surface area contributed by atoms with Crippen LogP contribution in [-0.2, 0) is 0 Å². The molecule has 0 saturated carbocycles. The molecule has 1 heterocycles. The molecule has 1 aromatic rings. The fraction of sp³-hybridized carbons (Fsp3) is 0.500. The molecule has 11 heavy (non-hydrogen) atoms. The molecular formula is C8H11NO2. The van der Waals surface area contributed by atoms with Gasteiger partial charge in [0, 0.05) is 11.5 Å². The number of hydrogen-bond acceptors (Lipinski definition) is 3. The van der Waals surface area contributed by atoms with Crippen LogP contribution in [0.15, 0.2) is 16.8 Å². The molecule has 60 valence electrons. The van der Waals surface area contributed by atoms with Crippen LogP contribution in [0.4, 0.5) is 0 Å². The summed E-state index contributed by atoms with van der Waals surface area (Å²) < 4.78 is 4.72. The van der Waals surface area contributed by atoms with Gasteiger partial charge in [0.2, 0.25) is 11.5 Å². The van der Waals surface area contributed by atoms with E-state index in [4.69, 9.17) is 4.52 Å². The summed E-state index contributed by atoms with van der Waals surface area (Å²) in [5.41, 5.74) is -0.389. The lowest BCUT2D eigenvalue weighted by molar-refractivity contribution is 0.0819. The van der Waals surface area contributed by atoms with Crippen molar-refractivity contribution in [1.82, 2.24) is 5.16 Å². The molecule has 0 spiro atoms. The highest BCUT2D eigenvalue weighted by molar-refractivity contribution is 5.97. The Morgan fingerprint density at radius 3 is 2.55 bits per heavy atom. The van der Waals surface area contributed by atoms with Gasteiger partial charge in [-0.15, -0.1) is 0 Å². The number of hydrogen-bond donors (Lipinski definition) is 0. The van der Waals surface area contributed by atoms with Gasteiger partial charge in [-0.05, 0) is 0 Å². The second-order valence-electron chi connectivity index (χ2n) is 3.46. The molecule has 1 aromatic heterocycles. The van der Waals surface area contributed by atoms with Crippen molar-refractivity contribution in [2.24, 2.45) is 5.41 Å². The normalized spacial score (nSPS) is 11.5. The van der Waals surface area contributed by atoms with Crippen LogP contribution in [-0.4, -0.2) is 10.9 Å². The summed E-state index contributed by atoms with van der Waals surface area (Å²) in [5.74, 6) is 0.313. The van der Waals surface area contributed by atoms with E-state index in [1.54, 1.807) is 6.07 Å². The van der Waals surface area contributed by atoms with Gasteiger partial charge < -0.3 is 4.52 Å². The maximum Gasteiger partial charge on any atom is 0.206 e. The van der Waals surface area contributed by atoms with Crippen LogP contribution < -0.4 is 0 Å². The summed E-state index contributed by atoms with van der Waals surface area (Å²) in [6.07, 6.45) is 1.47. The third-order valence-corrected chi connectivity index (χ3v) is 1.34. The highest BCUT2D eigenvalue weighted by Crippen LogP contribution is 2.19. The molecule has 0 aromatic carbocycles. The van der Waals surface area contributed by atoms with Gasteiger partial charge in [-0.2, -0.15) is 0 Å². The lowest BCUT2D eigenvalue weighted by atomic mass is 9.89. The molecule has 0 radical (unpaired) electrons. The van der Waals surface area contributed by atoms with Gasteiger partial charge in [0.25, 0.3) is 0 Å². The van der Waals surface area contributed by atoms with Crippen LogP contribution in [0.1, 0.15) is 31.3 Å². The maximum atomic E-state index is 11.4. The molecule has 3 nitrogen and oxygen atoms in total. The maximum absolute atomic E-state index is 11.4. The van der Waals surface area contributed by atoms with E-state index in [1.165, 1.54) is 6.20 Å². The van der Waals surface area contributed by atoms with Crippen molar-refractivity contribution < 1.29 is 9.32 Å². The van der Waals surface area contributed by atoms with Crippen molar-refractivity contribution in [3.8, 4) is 0 Å². The smallest absolute Gasteiger partial charge is 0.206 e. The van der Waals surface area contributed by atoms with Crippen LogP contribution in [0.2, 0.25) is 0 Å². The Hall–Kier alpha value is -1.12. The molecule has 0 bridgehead atoms. The molecule has 0 atom stereocenters. The van der Waals surface area contributed by atoms with Crippen molar-refractivity contribution in [2.45, 2.75) is 20.8 Å². The first-order valence-electron chi connectivity index (χ1n) is 3.47. The van der Waals surface area contributed by atoms with Crippen molar-refractivity contribution in [3.63, 3.8) is 0 Å². The van der Waals surface area contributed by atoms with E-state index in [2.05, 4.69) is 5.16 Å². The summed E-state index contributed by atoms with van der Waals surface area (Å²) in [7, 11) is 0. The van der Waals surface area contributed by atoms with Crippen LogP contribution >= 0.6 is 0 Å². The number of Topliss-reactive ketones (excluding diaryl/α,β-unsaturated/α-hetero) is 1. The zero-order chi connectivity index (χ0) is 8.48. The van der Waals surface area contributed by atoms with Gasteiger partial charge in [0.05, 0.1) is 6.20 Å². The monoisotopic (exact) mass is 153 g/mol. The second-order valence-corrected chi connectivity index (χ2v) is 3.46. The summed E-state index contributed by atoms with van der Waals surface area (Å²) >= 11 is 0. The lowest BCUT2D eigenvalue weighted by Crippen LogP contribution is -2.19. The molecule has 0 aliphatic carbocycles. The van der Waals surface area contributed by atoms with Crippen LogP contribution in [0.3, 0.4) is 0 Å². The quantitative estimate of drug-likeness (QED) is 0.579. The number of aromatic nitrogens is 1. The Labute approximate surface area is 65.4 Å².